The average molecular weight is 532 g/mol. The number of carboxylic acid groups (broad SMARTS) is 1. The predicted molar refractivity (Wildman–Crippen MR) is 104 cm³/mol. The molecule has 1 amide bonds. The SMILES string of the molecule is O=C(NS(=O)(=O)c1cnn(Cc2ccccc2)c1)C1CNCC(C(F)(F)F)O1.O=C(O)C(F)(F)F. The molecule has 0 aliphatic carbocycles. The number of hydrogen-bond acceptors (Lipinski definition) is 7. The highest BCUT2D eigenvalue weighted by Crippen LogP contribution is 2.25. The smallest absolute Gasteiger partial charge is 0.475 e. The topological polar surface area (TPSA) is 140 Å². The second-order valence-electron chi connectivity index (χ2n) is 6.95. The fraction of sp³-hybridized carbons (Fsp3) is 0.389. The van der Waals surface area contributed by atoms with Crippen LogP contribution in [0.15, 0.2) is 47.6 Å². The monoisotopic (exact) mass is 532 g/mol. The van der Waals surface area contributed by atoms with Gasteiger partial charge in [0.05, 0.1) is 12.7 Å². The van der Waals surface area contributed by atoms with E-state index in [-0.39, 0.29) is 11.4 Å². The van der Waals surface area contributed by atoms with Crippen molar-refractivity contribution in [2.24, 2.45) is 0 Å². The molecule has 1 saturated heterocycles. The van der Waals surface area contributed by atoms with Gasteiger partial charge in [0.1, 0.15) is 4.90 Å². The first kappa shape index (κ1) is 28.1. The summed E-state index contributed by atoms with van der Waals surface area (Å²) in [5, 5.41) is 13.5. The quantitative estimate of drug-likeness (QED) is 0.490. The fourth-order valence-electron chi connectivity index (χ4n) is 2.58. The summed E-state index contributed by atoms with van der Waals surface area (Å²) in [4.78, 5) is 20.7. The second kappa shape index (κ2) is 11.0. The Bertz CT molecular complexity index is 1120. The first-order chi connectivity index (χ1) is 16.1. The number of morpholine rings is 1. The largest absolute Gasteiger partial charge is 0.490 e. The summed E-state index contributed by atoms with van der Waals surface area (Å²) in [6.45, 7) is -0.430. The van der Waals surface area contributed by atoms with Crippen LogP contribution < -0.4 is 10.0 Å². The first-order valence-electron chi connectivity index (χ1n) is 9.45. The van der Waals surface area contributed by atoms with E-state index >= 15 is 0 Å². The van der Waals surface area contributed by atoms with E-state index in [1.54, 1.807) is 4.72 Å². The van der Waals surface area contributed by atoms with E-state index < -0.39 is 53.0 Å². The zero-order valence-corrected chi connectivity index (χ0v) is 18.2. The van der Waals surface area contributed by atoms with E-state index in [4.69, 9.17) is 14.6 Å². The van der Waals surface area contributed by atoms with Gasteiger partial charge in [0.2, 0.25) is 0 Å². The molecule has 2 atom stereocenters. The van der Waals surface area contributed by atoms with Crippen LogP contribution in [0.3, 0.4) is 0 Å². The molecule has 3 rings (SSSR count). The van der Waals surface area contributed by atoms with Crippen LogP contribution in [0.4, 0.5) is 26.3 Å². The minimum atomic E-state index is -5.08. The lowest BCUT2D eigenvalue weighted by Crippen LogP contribution is -2.56. The summed E-state index contributed by atoms with van der Waals surface area (Å²) < 4.78 is 102. The third-order valence-corrected chi connectivity index (χ3v) is 5.53. The number of alkyl halides is 6. The molecule has 17 heteroatoms. The number of sulfonamides is 1. The van der Waals surface area contributed by atoms with Gasteiger partial charge in [-0.15, -0.1) is 0 Å². The van der Waals surface area contributed by atoms with Crippen molar-refractivity contribution in [1.29, 1.82) is 0 Å². The molecule has 2 unspecified atom stereocenters. The molecule has 1 aliphatic heterocycles. The van der Waals surface area contributed by atoms with Crippen molar-refractivity contribution in [3.8, 4) is 0 Å². The Morgan fingerprint density at radius 2 is 1.74 bits per heavy atom. The molecule has 1 aromatic carbocycles. The van der Waals surface area contributed by atoms with Crippen molar-refractivity contribution in [2.45, 2.75) is 36.0 Å². The fourth-order valence-corrected chi connectivity index (χ4v) is 3.55. The number of benzene rings is 1. The van der Waals surface area contributed by atoms with Crippen LogP contribution in [0.2, 0.25) is 0 Å². The Labute approximate surface area is 193 Å². The molecule has 0 radical (unpaired) electrons. The molecule has 35 heavy (non-hydrogen) atoms. The number of aliphatic carboxylic acids is 1. The molecule has 194 valence electrons. The maximum Gasteiger partial charge on any atom is 0.490 e. The molecule has 1 aromatic heterocycles. The highest BCUT2D eigenvalue weighted by Gasteiger charge is 2.45. The van der Waals surface area contributed by atoms with Crippen molar-refractivity contribution >= 4 is 21.9 Å². The lowest BCUT2D eigenvalue weighted by molar-refractivity contribution is -0.237. The normalized spacial score (nSPS) is 18.8. The van der Waals surface area contributed by atoms with Crippen LogP contribution in [-0.2, 0) is 30.9 Å². The minimum Gasteiger partial charge on any atom is -0.475 e. The summed E-state index contributed by atoms with van der Waals surface area (Å²) in [5.41, 5.74) is 0.887. The number of carboxylic acids is 1. The Kier molecular flexibility index (Phi) is 8.85. The van der Waals surface area contributed by atoms with E-state index in [0.717, 1.165) is 11.8 Å². The first-order valence-corrected chi connectivity index (χ1v) is 10.9. The Balaban J connectivity index is 0.000000540. The average Bonchev–Trinajstić information content (AvgIpc) is 3.23. The zero-order valence-electron chi connectivity index (χ0n) is 17.4. The molecule has 0 saturated carbocycles. The Hall–Kier alpha value is -3.18. The molecule has 10 nitrogen and oxygen atoms in total. The van der Waals surface area contributed by atoms with Gasteiger partial charge in [-0.2, -0.15) is 31.4 Å². The Morgan fingerprint density at radius 1 is 1.14 bits per heavy atom. The predicted octanol–water partition coefficient (Wildman–Crippen LogP) is 1.29. The molecular weight excluding hydrogens is 514 g/mol. The Morgan fingerprint density at radius 3 is 2.29 bits per heavy atom. The summed E-state index contributed by atoms with van der Waals surface area (Å²) in [5.74, 6) is -3.94. The summed E-state index contributed by atoms with van der Waals surface area (Å²) in [6, 6.07) is 9.15. The van der Waals surface area contributed by atoms with Gasteiger partial charge >= 0.3 is 18.3 Å². The van der Waals surface area contributed by atoms with Gasteiger partial charge < -0.3 is 15.2 Å². The van der Waals surface area contributed by atoms with E-state index in [9.17, 15) is 39.6 Å². The minimum absolute atomic E-state index is 0.235. The van der Waals surface area contributed by atoms with Gasteiger partial charge in [0.15, 0.2) is 12.2 Å². The van der Waals surface area contributed by atoms with Crippen molar-refractivity contribution in [1.82, 2.24) is 19.8 Å². The molecule has 1 aliphatic rings. The highest BCUT2D eigenvalue weighted by atomic mass is 32.2. The van der Waals surface area contributed by atoms with Gasteiger partial charge in [-0.25, -0.2) is 17.9 Å². The van der Waals surface area contributed by atoms with Gasteiger partial charge in [-0.3, -0.25) is 9.48 Å². The molecule has 2 aromatic rings. The number of carbonyl (C=O) groups is 2. The van der Waals surface area contributed by atoms with Crippen molar-refractivity contribution in [2.75, 3.05) is 13.1 Å². The third kappa shape index (κ3) is 8.52. The summed E-state index contributed by atoms with van der Waals surface area (Å²) in [7, 11) is -4.31. The molecule has 3 N–H and O–H groups in total. The number of aromatic nitrogens is 2. The number of halogens is 6. The lowest BCUT2D eigenvalue weighted by atomic mass is 10.2. The highest BCUT2D eigenvalue weighted by molar-refractivity contribution is 7.90. The van der Waals surface area contributed by atoms with Gasteiger partial charge in [0, 0.05) is 19.3 Å². The van der Waals surface area contributed by atoms with E-state index in [0.29, 0.717) is 6.54 Å². The van der Waals surface area contributed by atoms with Crippen molar-refractivity contribution in [3.63, 3.8) is 0 Å². The van der Waals surface area contributed by atoms with Crippen LogP contribution in [0.5, 0.6) is 0 Å². The zero-order chi connectivity index (χ0) is 26.4. The number of carbonyl (C=O) groups excluding carboxylic acids is 1. The van der Waals surface area contributed by atoms with Crippen molar-refractivity contribution < 1.29 is 54.2 Å². The molecule has 0 spiro atoms. The van der Waals surface area contributed by atoms with Crippen molar-refractivity contribution in [3.05, 3.63) is 48.3 Å². The maximum absolute atomic E-state index is 12.7. The number of ether oxygens (including phenoxy) is 1. The van der Waals surface area contributed by atoms with Crippen LogP contribution in [0, 0.1) is 0 Å². The second-order valence-corrected chi connectivity index (χ2v) is 8.63. The standard InChI is InChI=1S/C16H17F3N4O4S.C2HF3O2/c17-16(18,19)14-8-20-7-13(27-14)15(24)22-28(25,26)12-6-21-23(10-12)9-11-4-2-1-3-5-11;3-2(4,5)1(6)7/h1-6,10,13-14,20H,7-9H2,(H,22,24);(H,6,7). The van der Waals surface area contributed by atoms with Crippen LogP contribution in [0.1, 0.15) is 5.56 Å². The molecule has 0 bridgehead atoms. The number of nitrogens with one attached hydrogen (secondary N) is 2. The molecule has 1 fully saturated rings. The number of hydrogen-bond donors (Lipinski definition) is 3. The molecular formula is C18H18F6N4O6S. The van der Waals surface area contributed by atoms with E-state index in [1.165, 1.54) is 10.9 Å². The lowest BCUT2D eigenvalue weighted by Gasteiger charge is -2.30. The van der Waals surface area contributed by atoms with Crippen LogP contribution >= 0.6 is 0 Å². The number of amides is 1. The van der Waals surface area contributed by atoms with Crippen LogP contribution in [-0.4, -0.2) is 72.8 Å². The van der Waals surface area contributed by atoms with E-state index in [2.05, 4.69) is 10.4 Å². The van der Waals surface area contributed by atoms with Gasteiger partial charge in [0.25, 0.3) is 15.9 Å². The molecule has 2 heterocycles. The maximum atomic E-state index is 12.7. The summed E-state index contributed by atoms with van der Waals surface area (Å²) >= 11 is 0. The third-order valence-electron chi connectivity index (χ3n) is 4.23. The number of nitrogens with zero attached hydrogens (tertiary/aromatic N) is 2. The van der Waals surface area contributed by atoms with Gasteiger partial charge in [-0.1, -0.05) is 30.3 Å². The number of rotatable bonds is 5. The van der Waals surface area contributed by atoms with Crippen LogP contribution in [0.25, 0.3) is 0 Å². The van der Waals surface area contributed by atoms with E-state index in [1.807, 2.05) is 30.3 Å². The summed E-state index contributed by atoms with van der Waals surface area (Å²) in [6.07, 6.45) is -11.2. The van der Waals surface area contributed by atoms with Gasteiger partial charge in [-0.05, 0) is 5.56 Å².